The summed E-state index contributed by atoms with van der Waals surface area (Å²) in [6.07, 6.45) is 0. The van der Waals surface area contributed by atoms with Gasteiger partial charge in [0.25, 0.3) is 0 Å². The van der Waals surface area contributed by atoms with Crippen molar-refractivity contribution < 1.29 is 19.8 Å². The molecule has 0 unspecified atom stereocenters. The molecule has 0 aliphatic heterocycles. The van der Waals surface area contributed by atoms with E-state index in [1.807, 2.05) is 0 Å². The van der Waals surface area contributed by atoms with Crippen LogP contribution in [0.1, 0.15) is 31.8 Å². The number of carbonyl (C=O) groups is 2. The number of rotatable bonds is 4. The number of hydrogen-bond acceptors (Lipinski definition) is 4. The summed E-state index contributed by atoms with van der Waals surface area (Å²) in [7, 11) is 0. The normalized spacial score (nSPS) is 10.3. The average Bonchev–Trinajstić information content (AvgIpc) is 2.63. The number of carbonyl (C=O) groups excluding carboxylic acids is 2. The number of benzene rings is 3. The van der Waals surface area contributed by atoms with E-state index in [0.717, 1.165) is 0 Å². The molecule has 0 saturated carbocycles. The van der Waals surface area contributed by atoms with Crippen LogP contribution in [0.25, 0.3) is 0 Å². The maximum absolute atomic E-state index is 12.8. The Morgan fingerprint density at radius 3 is 1.21 bits per heavy atom. The number of ketones is 2. The van der Waals surface area contributed by atoms with Crippen molar-refractivity contribution in [1.29, 1.82) is 0 Å². The molecule has 3 rings (SSSR count). The Morgan fingerprint density at radius 1 is 0.542 bits per heavy atom. The fourth-order valence-corrected chi connectivity index (χ4v) is 2.51. The van der Waals surface area contributed by atoms with Gasteiger partial charge in [-0.05, 0) is 12.1 Å². The molecule has 0 aromatic heterocycles. The minimum absolute atomic E-state index is 0.199. The summed E-state index contributed by atoms with van der Waals surface area (Å²) in [6, 6.07) is 19.0. The maximum atomic E-state index is 12.8. The van der Waals surface area contributed by atoms with E-state index in [-0.39, 0.29) is 22.6 Å². The highest BCUT2D eigenvalue weighted by Crippen LogP contribution is 2.32. The van der Waals surface area contributed by atoms with Crippen LogP contribution in [0.15, 0.2) is 72.8 Å². The lowest BCUT2D eigenvalue weighted by Crippen LogP contribution is -2.12. The Hall–Kier alpha value is -3.40. The fraction of sp³-hybridized carbons (Fsp3) is 0. The van der Waals surface area contributed by atoms with Crippen molar-refractivity contribution in [3.63, 3.8) is 0 Å². The molecule has 24 heavy (non-hydrogen) atoms. The molecule has 4 nitrogen and oxygen atoms in total. The predicted octanol–water partition coefficient (Wildman–Crippen LogP) is 3.56. The van der Waals surface area contributed by atoms with E-state index in [4.69, 9.17) is 0 Å². The monoisotopic (exact) mass is 318 g/mol. The van der Waals surface area contributed by atoms with Gasteiger partial charge in [-0.1, -0.05) is 60.7 Å². The molecule has 3 aromatic carbocycles. The van der Waals surface area contributed by atoms with Crippen molar-refractivity contribution in [2.45, 2.75) is 0 Å². The highest BCUT2D eigenvalue weighted by atomic mass is 16.3. The van der Waals surface area contributed by atoms with Crippen LogP contribution in [-0.4, -0.2) is 21.8 Å². The number of phenols is 2. The Bertz CT molecular complexity index is 823. The van der Waals surface area contributed by atoms with E-state index in [9.17, 15) is 19.8 Å². The lowest BCUT2D eigenvalue weighted by Gasteiger charge is -2.12. The van der Waals surface area contributed by atoms with E-state index < -0.39 is 11.6 Å². The highest BCUT2D eigenvalue weighted by molar-refractivity contribution is 6.21. The van der Waals surface area contributed by atoms with Crippen LogP contribution < -0.4 is 0 Å². The molecule has 0 aliphatic carbocycles. The standard InChI is InChI=1S/C20H14O4/c21-15-11-12-16(22)18(20(24)14-9-5-2-6-10-14)17(15)19(23)13-7-3-1-4-8-13/h1-12,21-22H. The Morgan fingerprint density at radius 2 is 0.875 bits per heavy atom. The van der Waals surface area contributed by atoms with Gasteiger partial charge >= 0.3 is 0 Å². The zero-order valence-electron chi connectivity index (χ0n) is 12.6. The van der Waals surface area contributed by atoms with Gasteiger partial charge in [0.2, 0.25) is 0 Å². The third kappa shape index (κ3) is 2.77. The van der Waals surface area contributed by atoms with E-state index in [0.29, 0.717) is 11.1 Å². The Kier molecular flexibility index (Phi) is 4.12. The molecule has 0 atom stereocenters. The lowest BCUT2D eigenvalue weighted by molar-refractivity contribution is 0.0998. The van der Waals surface area contributed by atoms with Gasteiger partial charge in [0.05, 0.1) is 11.1 Å². The molecule has 4 heteroatoms. The molecule has 0 aliphatic rings. The second-order valence-corrected chi connectivity index (χ2v) is 5.24. The summed E-state index contributed by atoms with van der Waals surface area (Å²) in [5.74, 6) is -1.74. The van der Waals surface area contributed by atoms with Crippen LogP contribution in [0, 0.1) is 0 Å². The highest BCUT2D eigenvalue weighted by Gasteiger charge is 2.26. The van der Waals surface area contributed by atoms with Crippen molar-refractivity contribution in [3.8, 4) is 11.5 Å². The fourth-order valence-electron chi connectivity index (χ4n) is 2.51. The van der Waals surface area contributed by atoms with Crippen molar-refractivity contribution in [3.05, 3.63) is 95.1 Å². The largest absolute Gasteiger partial charge is 0.507 e. The summed E-state index contributed by atoms with van der Waals surface area (Å²) in [5.41, 5.74) is 0.242. The predicted molar refractivity (Wildman–Crippen MR) is 89.5 cm³/mol. The lowest BCUT2D eigenvalue weighted by atomic mass is 9.92. The molecule has 0 heterocycles. The van der Waals surface area contributed by atoms with Gasteiger partial charge in [-0.25, -0.2) is 0 Å². The van der Waals surface area contributed by atoms with Gasteiger partial charge in [0.15, 0.2) is 11.6 Å². The van der Waals surface area contributed by atoms with E-state index in [1.165, 1.54) is 12.1 Å². The van der Waals surface area contributed by atoms with Crippen LogP contribution in [0.2, 0.25) is 0 Å². The first-order valence-corrected chi connectivity index (χ1v) is 7.34. The summed E-state index contributed by atoms with van der Waals surface area (Å²) >= 11 is 0. The summed E-state index contributed by atoms with van der Waals surface area (Å²) in [5, 5.41) is 20.3. The minimum atomic E-state index is -0.525. The molecular formula is C20H14O4. The smallest absolute Gasteiger partial charge is 0.197 e. The molecule has 2 N–H and O–H groups in total. The van der Waals surface area contributed by atoms with Crippen LogP contribution in [0.3, 0.4) is 0 Å². The number of aromatic hydroxyl groups is 2. The molecule has 0 amide bonds. The van der Waals surface area contributed by atoms with Crippen molar-refractivity contribution in [1.82, 2.24) is 0 Å². The van der Waals surface area contributed by atoms with Gasteiger partial charge in [0, 0.05) is 11.1 Å². The molecule has 3 aromatic rings. The van der Waals surface area contributed by atoms with Gasteiger partial charge < -0.3 is 10.2 Å². The molecular weight excluding hydrogens is 304 g/mol. The second kappa shape index (κ2) is 6.38. The third-order valence-corrected chi connectivity index (χ3v) is 3.69. The first-order valence-electron chi connectivity index (χ1n) is 7.34. The van der Waals surface area contributed by atoms with Gasteiger partial charge in [-0.3, -0.25) is 9.59 Å². The van der Waals surface area contributed by atoms with Gasteiger partial charge in [-0.2, -0.15) is 0 Å². The minimum Gasteiger partial charge on any atom is -0.507 e. The average molecular weight is 318 g/mol. The summed E-state index contributed by atoms with van der Waals surface area (Å²) < 4.78 is 0. The van der Waals surface area contributed by atoms with Gasteiger partial charge in [0.1, 0.15) is 11.5 Å². The summed E-state index contributed by atoms with van der Waals surface area (Å²) in [6.45, 7) is 0. The first kappa shape index (κ1) is 15.5. The van der Waals surface area contributed by atoms with Crippen LogP contribution in [0.5, 0.6) is 11.5 Å². The molecule has 0 radical (unpaired) electrons. The zero-order valence-corrected chi connectivity index (χ0v) is 12.6. The van der Waals surface area contributed by atoms with Crippen molar-refractivity contribution in [2.24, 2.45) is 0 Å². The molecule has 0 saturated heterocycles. The Labute approximate surface area is 138 Å². The van der Waals surface area contributed by atoms with Crippen molar-refractivity contribution in [2.75, 3.05) is 0 Å². The topological polar surface area (TPSA) is 74.6 Å². The van der Waals surface area contributed by atoms with Gasteiger partial charge in [-0.15, -0.1) is 0 Å². The Balaban J connectivity index is 2.19. The second-order valence-electron chi connectivity index (χ2n) is 5.24. The number of hydrogen-bond donors (Lipinski definition) is 2. The van der Waals surface area contributed by atoms with Crippen LogP contribution in [0.4, 0.5) is 0 Å². The molecule has 118 valence electrons. The van der Waals surface area contributed by atoms with Crippen molar-refractivity contribution >= 4 is 11.6 Å². The summed E-state index contributed by atoms with van der Waals surface area (Å²) in [4.78, 5) is 25.5. The SMILES string of the molecule is O=C(c1ccccc1)c1c(O)ccc(O)c1C(=O)c1ccccc1. The van der Waals surface area contributed by atoms with E-state index in [1.54, 1.807) is 60.7 Å². The molecule has 0 bridgehead atoms. The quantitative estimate of drug-likeness (QED) is 0.570. The zero-order chi connectivity index (χ0) is 17.1. The van der Waals surface area contributed by atoms with E-state index >= 15 is 0 Å². The first-order chi connectivity index (χ1) is 11.6. The molecule has 0 spiro atoms. The molecule has 0 fully saturated rings. The van der Waals surface area contributed by atoms with Crippen LogP contribution in [-0.2, 0) is 0 Å². The van der Waals surface area contributed by atoms with E-state index in [2.05, 4.69) is 0 Å². The third-order valence-electron chi connectivity index (χ3n) is 3.69. The van der Waals surface area contributed by atoms with Crippen LogP contribution >= 0.6 is 0 Å². The number of phenolic OH excluding ortho intramolecular Hbond substituents is 2. The maximum Gasteiger partial charge on any atom is 0.197 e.